The van der Waals surface area contributed by atoms with Crippen LogP contribution >= 0.6 is 0 Å². The monoisotopic (exact) mass is 485 g/mol. The fourth-order valence-electron chi connectivity index (χ4n) is 4.32. The maximum absolute atomic E-state index is 12.7. The van der Waals surface area contributed by atoms with Crippen LogP contribution < -0.4 is 16.9 Å². The van der Waals surface area contributed by atoms with E-state index >= 15 is 0 Å². The number of imidazole rings is 1. The fourth-order valence-corrected chi connectivity index (χ4v) is 4.32. The molecule has 3 aromatic rings. The van der Waals surface area contributed by atoms with Gasteiger partial charge in [0.25, 0.3) is 17.7 Å². The molecular formula is C26H27N7O3. The number of primary amides is 1. The lowest BCUT2D eigenvalue weighted by Gasteiger charge is -2.33. The molecule has 36 heavy (non-hydrogen) atoms. The Morgan fingerprint density at radius 2 is 1.89 bits per heavy atom. The van der Waals surface area contributed by atoms with Crippen molar-refractivity contribution in [1.29, 1.82) is 0 Å². The maximum atomic E-state index is 12.7. The minimum atomic E-state index is -0.749. The molecule has 0 radical (unpaired) electrons. The number of likely N-dealkylation sites (tertiary alicyclic amines) is 1. The summed E-state index contributed by atoms with van der Waals surface area (Å²) in [5, 5.41) is 2.76. The number of rotatable bonds is 5. The molecule has 1 fully saturated rings. The Morgan fingerprint density at radius 3 is 2.56 bits per heavy atom. The molecule has 10 nitrogen and oxygen atoms in total. The van der Waals surface area contributed by atoms with Gasteiger partial charge in [-0.1, -0.05) is 18.1 Å². The Bertz CT molecular complexity index is 1380. The van der Waals surface area contributed by atoms with Crippen molar-refractivity contribution in [1.82, 2.24) is 19.5 Å². The fraction of sp³-hybridized carbons (Fsp3) is 0.269. The summed E-state index contributed by atoms with van der Waals surface area (Å²) in [6, 6.07) is 9.75. The first-order valence-corrected chi connectivity index (χ1v) is 11.6. The molecule has 0 spiro atoms. The quantitative estimate of drug-likeness (QED) is 0.373. The van der Waals surface area contributed by atoms with E-state index in [4.69, 9.17) is 11.6 Å². The van der Waals surface area contributed by atoms with Crippen LogP contribution in [0.1, 0.15) is 64.5 Å². The average molecular weight is 486 g/mol. The third-order valence-electron chi connectivity index (χ3n) is 6.04. The maximum Gasteiger partial charge on any atom is 0.299 e. The van der Waals surface area contributed by atoms with E-state index in [1.807, 2.05) is 13.0 Å². The SMILES string of the molecule is CC#CC(=O)N1CCCC[C@H]1c1nc(-c2ccc(C(=O)Nc3cc(C)ccn3)cc2)c(C(N)=O)n1N. The van der Waals surface area contributed by atoms with Gasteiger partial charge < -0.3 is 21.8 Å². The summed E-state index contributed by atoms with van der Waals surface area (Å²) >= 11 is 0. The molecule has 0 saturated carbocycles. The molecule has 10 heteroatoms. The number of nitrogen functional groups attached to an aromatic ring is 1. The van der Waals surface area contributed by atoms with Crippen molar-refractivity contribution in [3.05, 3.63) is 65.2 Å². The molecule has 0 aliphatic carbocycles. The Morgan fingerprint density at radius 1 is 1.14 bits per heavy atom. The van der Waals surface area contributed by atoms with E-state index in [1.165, 1.54) is 0 Å². The van der Waals surface area contributed by atoms with E-state index < -0.39 is 11.9 Å². The lowest BCUT2D eigenvalue weighted by Crippen LogP contribution is -2.40. The van der Waals surface area contributed by atoms with Crippen LogP contribution in [0.5, 0.6) is 0 Å². The smallest absolute Gasteiger partial charge is 0.299 e. The summed E-state index contributed by atoms with van der Waals surface area (Å²) in [6.07, 6.45) is 3.98. The molecule has 0 unspecified atom stereocenters. The second-order valence-corrected chi connectivity index (χ2v) is 8.54. The van der Waals surface area contributed by atoms with Crippen molar-refractivity contribution in [2.45, 2.75) is 39.2 Å². The molecular weight excluding hydrogens is 458 g/mol. The van der Waals surface area contributed by atoms with Crippen LogP contribution in [-0.2, 0) is 4.79 Å². The lowest BCUT2D eigenvalue weighted by atomic mass is 10.0. The standard InChI is InChI=1S/C26H27N7O3/c1-3-6-21(34)32-14-5-4-7-19(32)25-31-22(23(24(27)35)33(25)28)17-8-10-18(11-9-17)26(36)30-20-15-16(2)12-13-29-20/h8-13,15,19H,4-5,7,14,28H2,1-2H3,(H2,27,35)(H,29,30,36)/t19-/m0/s1. The number of aryl methyl sites for hydroxylation is 1. The number of carbonyl (C=O) groups excluding carboxylic acids is 3. The number of amides is 3. The summed E-state index contributed by atoms with van der Waals surface area (Å²) in [7, 11) is 0. The van der Waals surface area contributed by atoms with Crippen LogP contribution in [-0.4, -0.2) is 43.8 Å². The predicted octanol–water partition coefficient (Wildman–Crippen LogP) is 2.40. The average Bonchev–Trinajstić information content (AvgIpc) is 3.21. The number of piperidine rings is 1. The molecule has 1 aliphatic heterocycles. The number of nitrogens with two attached hydrogens (primary N) is 2. The number of pyridine rings is 1. The van der Waals surface area contributed by atoms with Gasteiger partial charge in [0.15, 0.2) is 11.5 Å². The van der Waals surface area contributed by atoms with Gasteiger partial charge in [0.1, 0.15) is 11.5 Å². The highest BCUT2D eigenvalue weighted by atomic mass is 16.2. The first-order valence-electron chi connectivity index (χ1n) is 11.6. The summed E-state index contributed by atoms with van der Waals surface area (Å²) in [4.78, 5) is 48.0. The first kappa shape index (κ1) is 24.5. The van der Waals surface area contributed by atoms with Crippen molar-refractivity contribution >= 4 is 23.5 Å². The van der Waals surface area contributed by atoms with Crippen molar-refractivity contribution < 1.29 is 14.4 Å². The molecule has 1 saturated heterocycles. The van der Waals surface area contributed by atoms with Crippen LogP contribution in [0.3, 0.4) is 0 Å². The van der Waals surface area contributed by atoms with Crippen LogP contribution in [0.4, 0.5) is 5.82 Å². The van der Waals surface area contributed by atoms with E-state index in [0.29, 0.717) is 35.7 Å². The second-order valence-electron chi connectivity index (χ2n) is 8.54. The molecule has 4 rings (SSSR count). The van der Waals surface area contributed by atoms with Crippen LogP contribution in [0.25, 0.3) is 11.3 Å². The summed E-state index contributed by atoms with van der Waals surface area (Å²) in [5.74, 6) is 10.9. The van der Waals surface area contributed by atoms with Crippen molar-refractivity contribution in [2.24, 2.45) is 5.73 Å². The topological polar surface area (TPSA) is 149 Å². The molecule has 1 aromatic carbocycles. The normalized spacial score (nSPS) is 15.1. The van der Waals surface area contributed by atoms with Gasteiger partial charge in [-0.2, -0.15) is 0 Å². The van der Waals surface area contributed by atoms with E-state index in [2.05, 4.69) is 27.1 Å². The number of anilines is 1. The Labute approximate surface area is 208 Å². The molecule has 1 aliphatic rings. The minimum absolute atomic E-state index is 0.0192. The predicted molar refractivity (Wildman–Crippen MR) is 135 cm³/mol. The van der Waals surface area contributed by atoms with Crippen molar-refractivity contribution in [2.75, 3.05) is 17.7 Å². The number of aromatic nitrogens is 3. The third kappa shape index (κ3) is 4.90. The van der Waals surface area contributed by atoms with E-state index in [-0.39, 0.29) is 23.2 Å². The zero-order chi connectivity index (χ0) is 25.8. The van der Waals surface area contributed by atoms with Gasteiger partial charge in [-0.15, -0.1) is 0 Å². The number of hydrogen-bond acceptors (Lipinski definition) is 6. The Kier molecular flexibility index (Phi) is 7.01. The number of benzene rings is 1. The van der Waals surface area contributed by atoms with Gasteiger partial charge >= 0.3 is 0 Å². The second kappa shape index (κ2) is 10.3. The molecule has 2 aromatic heterocycles. The summed E-state index contributed by atoms with van der Waals surface area (Å²) in [5.41, 5.74) is 7.90. The van der Waals surface area contributed by atoms with Crippen LogP contribution in [0.15, 0.2) is 42.6 Å². The lowest BCUT2D eigenvalue weighted by molar-refractivity contribution is -0.129. The highest BCUT2D eigenvalue weighted by molar-refractivity contribution is 6.04. The van der Waals surface area contributed by atoms with E-state index in [1.54, 1.807) is 48.4 Å². The van der Waals surface area contributed by atoms with Crippen LogP contribution in [0, 0.1) is 18.8 Å². The number of hydrogen-bond donors (Lipinski definition) is 3. The first-order chi connectivity index (χ1) is 17.3. The van der Waals surface area contributed by atoms with E-state index in [0.717, 1.165) is 23.1 Å². The van der Waals surface area contributed by atoms with Gasteiger partial charge in [0.2, 0.25) is 0 Å². The largest absolute Gasteiger partial charge is 0.364 e. The number of carbonyl (C=O) groups is 3. The summed E-state index contributed by atoms with van der Waals surface area (Å²) < 4.78 is 1.16. The molecule has 3 heterocycles. The minimum Gasteiger partial charge on any atom is -0.364 e. The van der Waals surface area contributed by atoms with Gasteiger partial charge in [-0.05, 0) is 68.9 Å². The van der Waals surface area contributed by atoms with Gasteiger partial charge in [-0.25, -0.2) is 14.6 Å². The highest BCUT2D eigenvalue weighted by Gasteiger charge is 2.33. The Hall–Kier alpha value is -4.65. The van der Waals surface area contributed by atoms with Crippen molar-refractivity contribution in [3.8, 4) is 23.1 Å². The Balaban J connectivity index is 1.65. The molecule has 0 bridgehead atoms. The molecule has 5 N–H and O–H groups in total. The zero-order valence-corrected chi connectivity index (χ0v) is 20.1. The van der Waals surface area contributed by atoms with Gasteiger partial charge in [0.05, 0.1) is 6.04 Å². The van der Waals surface area contributed by atoms with E-state index in [9.17, 15) is 14.4 Å². The molecule has 1 atom stereocenters. The highest BCUT2D eigenvalue weighted by Crippen LogP contribution is 2.33. The van der Waals surface area contributed by atoms with Crippen LogP contribution in [0.2, 0.25) is 0 Å². The molecule has 184 valence electrons. The zero-order valence-electron chi connectivity index (χ0n) is 20.1. The van der Waals surface area contributed by atoms with Gasteiger partial charge in [0, 0.05) is 23.9 Å². The third-order valence-corrected chi connectivity index (χ3v) is 6.04. The number of nitrogens with zero attached hydrogens (tertiary/aromatic N) is 4. The molecule has 3 amide bonds. The summed E-state index contributed by atoms with van der Waals surface area (Å²) in [6.45, 7) is 4.03. The number of nitrogens with one attached hydrogen (secondary N) is 1. The van der Waals surface area contributed by atoms with Crippen molar-refractivity contribution in [3.63, 3.8) is 0 Å². The van der Waals surface area contributed by atoms with Gasteiger partial charge in [-0.3, -0.25) is 14.4 Å².